The molecular formula is C5H13N3. The maximum Gasteiger partial charge on any atom is 0.0698 e. The summed E-state index contributed by atoms with van der Waals surface area (Å²) in [5, 5.41) is 9.69. The van der Waals surface area contributed by atoms with Gasteiger partial charge in [0.25, 0.3) is 0 Å². The van der Waals surface area contributed by atoms with Crippen molar-refractivity contribution in [1.29, 1.82) is 0 Å². The Morgan fingerprint density at radius 3 is 2.75 bits per heavy atom. The van der Waals surface area contributed by atoms with Crippen LogP contribution in [0.1, 0.15) is 0 Å². The zero-order chi connectivity index (χ0) is 5.82. The number of nitrogens with one attached hydrogen (secondary N) is 3. The van der Waals surface area contributed by atoms with E-state index in [0.717, 1.165) is 19.6 Å². The molecule has 1 saturated heterocycles. The summed E-state index contributed by atoms with van der Waals surface area (Å²) in [6.45, 7) is 3.21. The molecule has 8 heavy (non-hydrogen) atoms. The topological polar surface area (TPSA) is 36.1 Å². The Morgan fingerprint density at radius 1 is 1.50 bits per heavy atom. The second-order valence-electron chi connectivity index (χ2n) is 2.00. The normalized spacial score (nSPS) is 30.4. The molecule has 0 bridgehead atoms. The molecule has 1 atom stereocenters. The van der Waals surface area contributed by atoms with Crippen LogP contribution in [0.3, 0.4) is 0 Å². The van der Waals surface area contributed by atoms with Crippen molar-refractivity contribution in [1.82, 2.24) is 16.0 Å². The molecule has 1 fully saturated rings. The molecule has 0 aromatic heterocycles. The van der Waals surface area contributed by atoms with Crippen molar-refractivity contribution >= 4 is 0 Å². The Morgan fingerprint density at radius 2 is 2.38 bits per heavy atom. The van der Waals surface area contributed by atoms with E-state index in [1.807, 2.05) is 7.05 Å². The van der Waals surface area contributed by atoms with Gasteiger partial charge in [-0.25, -0.2) is 0 Å². The Bertz CT molecular complexity index is 58.7. The average molecular weight is 115 g/mol. The first-order valence-electron chi connectivity index (χ1n) is 3.05. The Balaban J connectivity index is 2.13. The summed E-state index contributed by atoms with van der Waals surface area (Å²) in [6.07, 6.45) is 0.476. The fraction of sp³-hybridized carbons (Fsp3) is 1.00. The number of piperazine rings is 1. The quantitative estimate of drug-likeness (QED) is 0.398. The molecule has 1 heterocycles. The van der Waals surface area contributed by atoms with E-state index in [4.69, 9.17) is 0 Å². The highest BCUT2D eigenvalue weighted by atomic mass is 15.2. The Hall–Kier alpha value is -0.120. The van der Waals surface area contributed by atoms with Crippen LogP contribution in [0.25, 0.3) is 0 Å². The highest BCUT2D eigenvalue weighted by Gasteiger charge is 2.06. The van der Waals surface area contributed by atoms with E-state index >= 15 is 0 Å². The minimum atomic E-state index is 0.476. The maximum atomic E-state index is 3.30. The summed E-state index contributed by atoms with van der Waals surface area (Å²) < 4.78 is 0. The second kappa shape index (κ2) is 3.02. The van der Waals surface area contributed by atoms with Gasteiger partial charge in [0.1, 0.15) is 0 Å². The fourth-order valence-corrected chi connectivity index (χ4v) is 0.857. The zero-order valence-electron chi connectivity index (χ0n) is 5.20. The maximum absolute atomic E-state index is 3.30. The zero-order valence-corrected chi connectivity index (χ0v) is 5.20. The second-order valence-corrected chi connectivity index (χ2v) is 2.00. The molecule has 48 valence electrons. The monoisotopic (exact) mass is 115 g/mol. The molecule has 0 saturated carbocycles. The Kier molecular flexibility index (Phi) is 2.27. The molecule has 0 aromatic carbocycles. The standard InChI is InChI=1S/C5H13N3/c1-6-5-4-7-2-3-8-5/h5-8H,2-4H2,1H3. The summed E-state index contributed by atoms with van der Waals surface area (Å²) >= 11 is 0. The molecule has 0 aliphatic carbocycles. The van der Waals surface area contributed by atoms with Crippen LogP contribution in [0.4, 0.5) is 0 Å². The first-order chi connectivity index (χ1) is 3.93. The molecule has 3 heteroatoms. The van der Waals surface area contributed by atoms with Crippen LogP contribution < -0.4 is 16.0 Å². The van der Waals surface area contributed by atoms with Crippen LogP contribution in [0.5, 0.6) is 0 Å². The smallest absolute Gasteiger partial charge is 0.0698 e. The van der Waals surface area contributed by atoms with Gasteiger partial charge in [-0.05, 0) is 7.05 Å². The SMILES string of the molecule is CNC1CNCCN1. The highest BCUT2D eigenvalue weighted by molar-refractivity contribution is 4.70. The summed E-state index contributed by atoms with van der Waals surface area (Å²) in [4.78, 5) is 0. The fourth-order valence-electron chi connectivity index (χ4n) is 0.857. The van der Waals surface area contributed by atoms with Crippen molar-refractivity contribution in [2.24, 2.45) is 0 Å². The van der Waals surface area contributed by atoms with E-state index in [1.54, 1.807) is 0 Å². The van der Waals surface area contributed by atoms with Gasteiger partial charge in [-0.1, -0.05) is 0 Å². The van der Waals surface area contributed by atoms with Gasteiger partial charge in [0.05, 0.1) is 6.17 Å². The van der Waals surface area contributed by atoms with Gasteiger partial charge < -0.3 is 10.6 Å². The molecule has 1 aliphatic rings. The minimum absolute atomic E-state index is 0.476. The van der Waals surface area contributed by atoms with Crippen LogP contribution in [0, 0.1) is 0 Å². The van der Waals surface area contributed by atoms with Crippen molar-refractivity contribution in [3.8, 4) is 0 Å². The van der Waals surface area contributed by atoms with Crippen molar-refractivity contribution < 1.29 is 0 Å². The molecular weight excluding hydrogens is 102 g/mol. The van der Waals surface area contributed by atoms with Crippen LogP contribution in [-0.2, 0) is 0 Å². The molecule has 1 unspecified atom stereocenters. The van der Waals surface area contributed by atoms with Gasteiger partial charge in [0, 0.05) is 19.6 Å². The van der Waals surface area contributed by atoms with Gasteiger partial charge in [0.15, 0.2) is 0 Å². The van der Waals surface area contributed by atoms with Gasteiger partial charge in [0.2, 0.25) is 0 Å². The van der Waals surface area contributed by atoms with Gasteiger partial charge in [-0.15, -0.1) is 0 Å². The van der Waals surface area contributed by atoms with Crippen LogP contribution in [-0.4, -0.2) is 32.8 Å². The lowest BCUT2D eigenvalue weighted by molar-refractivity contribution is 0.380. The van der Waals surface area contributed by atoms with Crippen LogP contribution >= 0.6 is 0 Å². The molecule has 0 amide bonds. The van der Waals surface area contributed by atoms with Gasteiger partial charge >= 0.3 is 0 Å². The van der Waals surface area contributed by atoms with E-state index in [9.17, 15) is 0 Å². The summed E-state index contributed by atoms with van der Waals surface area (Å²) in [6, 6.07) is 0. The molecule has 0 spiro atoms. The third-order valence-electron chi connectivity index (χ3n) is 1.39. The summed E-state index contributed by atoms with van der Waals surface area (Å²) in [5.74, 6) is 0. The number of likely N-dealkylation sites (N-methyl/N-ethyl adjacent to an activating group) is 1. The summed E-state index contributed by atoms with van der Waals surface area (Å²) in [7, 11) is 1.96. The lowest BCUT2D eigenvalue weighted by Crippen LogP contribution is -2.54. The average Bonchev–Trinajstić information content (AvgIpc) is 1.90. The van der Waals surface area contributed by atoms with Crippen molar-refractivity contribution in [3.05, 3.63) is 0 Å². The largest absolute Gasteiger partial charge is 0.313 e. The molecule has 1 aliphatic heterocycles. The minimum Gasteiger partial charge on any atom is -0.313 e. The highest BCUT2D eigenvalue weighted by Crippen LogP contribution is 1.77. The predicted octanol–water partition coefficient (Wildman–Crippen LogP) is -1.28. The molecule has 0 radical (unpaired) electrons. The first-order valence-corrected chi connectivity index (χ1v) is 3.05. The molecule has 0 aromatic rings. The van der Waals surface area contributed by atoms with Crippen molar-refractivity contribution in [2.45, 2.75) is 6.17 Å². The summed E-state index contributed by atoms with van der Waals surface area (Å²) in [5.41, 5.74) is 0. The van der Waals surface area contributed by atoms with Gasteiger partial charge in [-0.3, -0.25) is 5.32 Å². The lowest BCUT2D eigenvalue weighted by Gasteiger charge is -2.23. The third-order valence-corrected chi connectivity index (χ3v) is 1.39. The van der Waals surface area contributed by atoms with E-state index in [2.05, 4.69) is 16.0 Å². The van der Waals surface area contributed by atoms with Gasteiger partial charge in [-0.2, -0.15) is 0 Å². The van der Waals surface area contributed by atoms with Crippen molar-refractivity contribution in [2.75, 3.05) is 26.7 Å². The van der Waals surface area contributed by atoms with E-state index < -0.39 is 0 Å². The third kappa shape index (κ3) is 1.43. The molecule has 1 rings (SSSR count). The number of hydrogen-bond acceptors (Lipinski definition) is 3. The molecule has 3 N–H and O–H groups in total. The first kappa shape index (κ1) is 6.01. The predicted molar refractivity (Wildman–Crippen MR) is 33.7 cm³/mol. The lowest BCUT2D eigenvalue weighted by atomic mass is 10.4. The van der Waals surface area contributed by atoms with Crippen LogP contribution in [0.15, 0.2) is 0 Å². The number of rotatable bonds is 1. The van der Waals surface area contributed by atoms with Crippen molar-refractivity contribution in [3.63, 3.8) is 0 Å². The van der Waals surface area contributed by atoms with Crippen LogP contribution in [0.2, 0.25) is 0 Å². The van der Waals surface area contributed by atoms with E-state index in [-0.39, 0.29) is 0 Å². The Labute approximate surface area is 49.8 Å². The number of hydrogen-bond donors (Lipinski definition) is 3. The van der Waals surface area contributed by atoms with E-state index in [0.29, 0.717) is 6.17 Å². The van der Waals surface area contributed by atoms with E-state index in [1.165, 1.54) is 0 Å². The molecule has 3 nitrogen and oxygen atoms in total.